The first-order valence-corrected chi connectivity index (χ1v) is 8.30. The number of halogens is 1. The van der Waals surface area contributed by atoms with E-state index in [0.29, 0.717) is 5.92 Å². The highest BCUT2D eigenvalue weighted by atomic mass is 127. The number of aliphatic imine (C=N–C) groups is 1. The van der Waals surface area contributed by atoms with Crippen LogP contribution in [0.2, 0.25) is 0 Å². The lowest BCUT2D eigenvalue weighted by Crippen LogP contribution is -2.40. The van der Waals surface area contributed by atoms with Gasteiger partial charge < -0.3 is 15.5 Å². The molecule has 0 aromatic heterocycles. The number of carbonyl (C=O) groups excluding carboxylic acids is 1. The van der Waals surface area contributed by atoms with Crippen molar-refractivity contribution >= 4 is 35.8 Å². The lowest BCUT2D eigenvalue weighted by Gasteiger charge is -2.31. The van der Waals surface area contributed by atoms with Crippen LogP contribution in [0.3, 0.4) is 0 Å². The van der Waals surface area contributed by atoms with Crippen LogP contribution >= 0.6 is 24.0 Å². The lowest BCUT2D eigenvalue weighted by molar-refractivity contribution is -0.130. The zero-order chi connectivity index (χ0) is 15.7. The van der Waals surface area contributed by atoms with Gasteiger partial charge in [0.15, 0.2) is 5.96 Å². The highest BCUT2D eigenvalue weighted by Crippen LogP contribution is 2.19. The highest BCUT2D eigenvalue weighted by molar-refractivity contribution is 14.0. The van der Waals surface area contributed by atoms with E-state index < -0.39 is 0 Å². The Kier molecular flexibility index (Phi) is 11.7. The minimum Gasteiger partial charge on any atom is -0.357 e. The monoisotopic (exact) mass is 424 g/mol. The maximum absolute atomic E-state index is 11.3. The molecule has 22 heavy (non-hydrogen) atoms. The molecule has 5 nitrogen and oxygen atoms in total. The Hall–Kier alpha value is -0.530. The minimum absolute atomic E-state index is 0. The summed E-state index contributed by atoms with van der Waals surface area (Å²) in [6, 6.07) is 0. The highest BCUT2D eigenvalue weighted by Gasteiger charge is 2.20. The third-order valence-electron chi connectivity index (χ3n) is 3.86. The van der Waals surface area contributed by atoms with E-state index in [1.165, 1.54) is 0 Å². The van der Waals surface area contributed by atoms with Crippen LogP contribution in [-0.2, 0) is 4.79 Å². The number of guanidine groups is 1. The normalized spacial score (nSPS) is 16.4. The zero-order valence-electron chi connectivity index (χ0n) is 14.5. The van der Waals surface area contributed by atoms with Crippen molar-refractivity contribution in [3.05, 3.63) is 0 Å². The molecule has 1 heterocycles. The summed E-state index contributed by atoms with van der Waals surface area (Å²) >= 11 is 0. The van der Waals surface area contributed by atoms with Crippen molar-refractivity contribution in [3.8, 4) is 0 Å². The number of nitrogens with one attached hydrogen (secondary N) is 2. The molecule has 0 unspecified atom stereocenters. The third kappa shape index (κ3) is 8.80. The van der Waals surface area contributed by atoms with E-state index in [1.807, 2.05) is 4.90 Å². The number of hydrogen-bond acceptors (Lipinski definition) is 2. The summed E-state index contributed by atoms with van der Waals surface area (Å²) < 4.78 is 0. The molecular formula is C16H33IN4O. The predicted octanol–water partition coefficient (Wildman–Crippen LogP) is 2.46. The molecule has 1 saturated heterocycles. The van der Waals surface area contributed by atoms with Gasteiger partial charge >= 0.3 is 0 Å². The maximum atomic E-state index is 11.3. The number of piperidine rings is 1. The van der Waals surface area contributed by atoms with E-state index >= 15 is 0 Å². The van der Waals surface area contributed by atoms with E-state index in [0.717, 1.165) is 63.9 Å². The average Bonchev–Trinajstić information content (AvgIpc) is 2.45. The van der Waals surface area contributed by atoms with Crippen LogP contribution in [-0.4, -0.2) is 49.5 Å². The van der Waals surface area contributed by atoms with Crippen molar-refractivity contribution in [1.29, 1.82) is 0 Å². The van der Waals surface area contributed by atoms with Gasteiger partial charge in [-0.3, -0.25) is 9.79 Å². The molecule has 1 aliphatic heterocycles. The smallest absolute Gasteiger partial charge is 0.219 e. The quantitative estimate of drug-likeness (QED) is 0.391. The van der Waals surface area contributed by atoms with Crippen molar-refractivity contribution in [3.63, 3.8) is 0 Å². The van der Waals surface area contributed by atoms with Crippen molar-refractivity contribution < 1.29 is 4.79 Å². The number of carbonyl (C=O) groups is 1. The average molecular weight is 424 g/mol. The van der Waals surface area contributed by atoms with Gasteiger partial charge in [0, 0.05) is 39.6 Å². The molecule has 130 valence electrons. The first kappa shape index (κ1) is 21.5. The number of hydrogen-bond donors (Lipinski definition) is 2. The second kappa shape index (κ2) is 12.0. The molecule has 0 bridgehead atoms. The first-order valence-electron chi connectivity index (χ1n) is 8.30. The topological polar surface area (TPSA) is 56.7 Å². The Morgan fingerprint density at radius 1 is 1.27 bits per heavy atom. The summed E-state index contributed by atoms with van der Waals surface area (Å²) in [7, 11) is 0. The van der Waals surface area contributed by atoms with E-state index in [1.54, 1.807) is 6.92 Å². The van der Waals surface area contributed by atoms with E-state index in [2.05, 4.69) is 36.4 Å². The molecule has 1 rings (SSSR count). The van der Waals surface area contributed by atoms with Gasteiger partial charge in [-0.25, -0.2) is 0 Å². The summed E-state index contributed by atoms with van der Waals surface area (Å²) in [4.78, 5) is 17.8. The van der Waals surface area contributed by atoms with Crippen LogP contribution in [0, 0.1) is 11.8 Å². The van der Waals surface area contributed by atoms with Gasteiger partial charge in [-0.05, 0) is 38.0 Å². The molecule has 2 N–H and O–H groups in total. The predicted molar refractivity (Wildman–Crippen MR) is 104 cm³/mol. The Bertz CT molecular complexity index is 339. The van der Waals surface area contributed by atoms with Gasteiger partial charge in [-0.1, -0.05) is 13.8 Å². The second-order valence-electron chi connectivity index (χ2n) is 6.28. The molecule has 0 aromatic rings. The molecule has 0 spiro atoms. The minimum atomic E-state index is 0. The fraction of sp³-hybridized carbons (Fsp3) is 0.875. The van der Waals surface area contributed by atoms with E-state index in [9.17, 15) is 4.79 Å². The second-order valence-corrected chi connectivity index (χ2v) is 6.28. The van der Waals surface area contributed by atoms with E-state index in [-0.39, 0.29) is 29.9 Å². The number of amides is 1. The Morgan fingerprint density at radius 2 is 1.91 bits per heavy atom. The van der Waals surface area contributed by atoms with Crippen LogP contribution in [0.1, 0.15) is 47.0 Å². The van der Waals surface area contributed by atoms with Crippen LogP contribution in [0.15, 0.2) is 4.99 Å². The van der Waals surface area contributed by atoms with Crippen molar-refractivity contribution in [2.45, 2.75) is 47.0 Å². The van der Waals surface area contributed by atoms with Gasteiger partial charge in [-0.15, -0.1) is 24.0 Å². The fourth-order valence-corrected chi connectivity index (χ4v) is 2.55. The Labute approximate surface area is 152 Å². The number of rotatable bonds is 6. The standard InChI is InChI=1S/C16H32N4O.HI/c1-5-17-16(19-12-13(2)3)18-9-6-15-7-10-20(11-8-15)14(4)21;/h13,15H,5-12H2,1-4H3,(H2,17,18,19);1H. The summed E-state index contributed by atoms with van der Waals surface area (Å²) in [6.45, 7) is 12.6. The molecule has 0 radical (unpaired) electrons. The van der Waals surface area contributed by atoms with Crippen LogP contribution < -0.4 is 10.6 Å². The Balaban J connectivity index is 0.00000441. The first-order chi connectivity index (χ1) is 10.0. The summed E-state index contributed by atoms with van der Waals surface area (Å²) in [6.07, 6.45) is 3.40. The molecule has 0 aromatic carbocycles. The third-order valence-corrected chi connectivity index (χ3v) is 3.86. The molecule has 1 amide bonds. The molecule has 1 fully saturated rings. The fourth-order valence-electron chi connectivity index (χ4n) is 2.55. The van der Waals surface area contributed by atoms with Crippen molar-refractivity contribution in [1.82, 2.24) is 15.5 Å². The van der Waals surface area contributed by atoms with Crippen molar-refractivity contribution in [2.75, 3.05) is 32.7 Å². The summed E-state index contributed by atoms with van der Waals surface area (Å²) in [5, 5.41) is 6.70. The summed E-state index contributed by atoms with van der Waals surface area (Å²) in [5.41, 5.74) is 0. The lowest BCUT2D eigenvalue weighted by atomic mass is 9.93. The van der Waals surface area contributed by atoms with Gasteiger partial charge in [-0.2, -0.15) is 0 Å². The molecule has 6 heteroatoms. The number of likely N-dealkylation sites (tertiary alicyclic amines) is 1. The largest absolute Gasteiger partial charge is 0.357 e. The number of nitrogens with zero attached hydrogens (tertiary/aromatic N) is 2. The molecule has 0 saturated carbocycles. The summed E-state index contributed by atoms with van der Waals surface area (Å²) in [5.74, 6) is 2.44. The molecule has 0 atom stereocenters. The zero-order valence-corrected chi connectivity index (χ0v) is 16.9. The van der Waals surface area contributed by atoms with Crippen LogP contribution in [0.4, 0.5) is 0 Å². The Morgan fingerprint density at radius 3 is 2.41 bits per heavy atom. The van der Waals surface area contributed by atoms with Gasteiger partial charge in [0.1, 0.15) is 0 Å². The van der Waals surface area contributed by atoms with Gasteiger partial charge in [0.25, 0.3) is 0 Å². The molecule has 0 aliphatic carbocycles. The van der Waals surface area contributed by atoms with Crippen molar-refractivity contribution in [2.24, 2.45) is 16.8 Å². The maximum Gasteiger partial charge on any atom is 0.219 e. The van der Waals surface area contributed by atoms with Gasteiger partial charge in [0.05, 0.1) is 0 Å². The molecular weight excluding hydrogens is 391 g/mol. The van der Waals surface area contributed by atoms with Gasteiger partial charge in [0.2, 0.25) is 5.91 Å². The van der Waals surface area contributed by atoms with Crippen LogP contribution in [0.5, 0.6) is 0 Å². The van der Waals surface area contributed by atoms with E-state index in [4.69, 9.17) is 0 Å². The van der Waals surface area contributed by atoms with Crippen LogP contribution in [0.25, 0.3) is 0 Å². The molecule has 1 aliphatic rings. The SMILES string of the molecule is CCNC(=NCC(C)C)NCCC1CCN(C(C)=O)CC1.I.